The Balaban J connectivity index is 2.03. The van der Waals surface area contributed by atoms with Crippen LogP contribution in [0, 0.1) is 0 Å². The van der Waals surface area contributed by atoms with E-state index in [0.29, 0.717) is 10.4 Å². The number of oxime groups is 1. The van der Waals surface area contributed by atoms with E-state index < -0.39 is 5.97 Å². The van der Waals surface area contributed by atoms with Gasteiger partial charge in [-0.05, 0) is 30.5 Å². The van der Waals surface area contributed by atoms with Gasteiger partial charge in [0, 0.05) is 0 Å². The quantitative estimate of drug-likeness (QED) is 0.372. The Labute approximate surface area is 114 Å². The van der Waals surface area contributed by atoms with Crippen molar-refractivity contribution in [3.8, 4) is 0 Å². The summed E-state index contributed by atoms with van der Waals surface area (Å²) in [4.78, 5) is 28.8. The van der Waals surface area contributed by atoms with Crippen LogP contribution in [0.15, 0.2) is 53.0 Å². The van der Waals surface area contributed by atoms with E-state index in [0.717, 1.165) is 0 Å². The van der Waals surface area contributed by atoms with E-state index in [4.69, 9.17) is 4.84 Å². The highest BCUT2D eigenvalue weighted by Gasteiger charge is 2.12. The molecule has 1 aromatic carbocycles. The van der Waals surface area contributed by atoms with Gasteiger partial charge in [-0.15, -0.1) is 11.3 Å². The molecule has 0 saturated carbocycles. The Kier molecular flexibility index (Phi) is 4.20. The maximum Gasteiger partial charge on any atom is 0.365 e. The maximum absolute atomic E-state index is 11.8. The van der Waals surface area contributed by atoms with Gasteiger partial charge in [0.2, 0.25) is 5.78 Å². The van der Waals surface area contributed by atoms with E-state index in [1.807, 2.05) is 0 Å². The molecule has 0 radical (unpaired) electrons. The fourth-order valence-corrected chi connectivity index (χ4v) is 2.08. The Morgan fingerprint density at radius 1 is 1.11 bits per heavy atom. The number of hydrogen-bond donors (Lipinski definition) is 0. The van der Waals surface area contributed by atoms with Crippen molar-refractivity contribution in [1.82, 2.24) is 0 Å². The normalized spacial score (nSPS) is 11.1. The summed E-state index contributed by atoms with van der Waals surface area (Å²) in [5.74, 6) is -0.824. The van der Waals surface area contributed by atoms with Gasteiger partial charge in [0.05, 0.1) is 10.4 Å². The van der Waals surface area contributed by atoms with Crippen molar-refractivity contribution in [2.45, 2.75) is 6.92 Å². The molecular formula is C14H11NO3S. The number of rotatable bonds is 4. The van der Waals surface area contributed by atoms with Crippen molar-refractivity contribution in [2.75, 3.05) is 0 Å². The molecule has 5 heteroatoms. The molecular weight excluding hydrogens is 262 g/mol. The average Bonchev–Trinajstić information content (AvgIpc) is 2.98. The summed E-state index contributed by atoms with van der Waals surface area (Å²) in [5.41, 5.74) is 0.536. The Morgan fingerprint density at radius 2 is 1.84 bits per heavy atom. The van der Waals surface area contributed by atoms with E-state index >= 15 is 0 Å². The van der Waals surface area contributed by atoms with Crippen molar-refractivity contribution in [3.63, 3.8) is 0 Å². The molecule has 0 aliphatic rings. The number of carbonyl (C=O) groups excluding carboxylic acids is 2. The minimum Gasteiger partial charge on any atom is -0.312 e. The summed E-state index contributed by atoms with van der Waals surface area (Å²) in [6, 6.07) is 12.0. The van der Waals surface area contributed by atoms with Gasteiger partial charge < -0.3 is 4.84 Å². The van der Waals surface area contributed by atoms with E-state index in [1.165, 1.54) is 18.3 Å². The first-order valence-corrected chi connectivity index (χ1v) is 6.45. The number of carbonyl (C=O) groups is 2. The zero-order chi connectivity index (χ0) is 13.7. The summed E-state index contributed by atoms with van der Waals surface area (Å²) in [5, 5.41) is 5.38. The van der Waals surface area contributed by atoms with Gasteiger partial charge in [0.1, 0.15) is 5.71 Å². The largest absolute Gasteiger partial charge is 0.365 e. The summed E-state index contributed by atoms with van der Waals surface area (Å²) in [7, 11) is 0. The Morgan fingerprint density at radius 3 is 2.47 bits per heavy atom. The van der Waals surface area contributed by atoms with Crippen LogP contribution in [0.2, 0.25) is 0 Å². The number of hydrogen-bond acceptors (Lipinski definition) is 5. The lowest BCUT2D eigenvalue weighted by molar-refractivity contribution is 0.0515. The van der Waals surface area contributed by atoms with Crippen LogP contribution in [0.1, 0.15) is 27.0 Å². The molecule has 2 aromatic rings. The molecule has 0 saturated heterocycles. The minimum absolute atomic E-state index is 0.145. The molecule has 0 N–H and O–H groups in total. The molecule has 0 aliphatic heterocycles. The molecule has 96 valence electrons. The van der Waals surface area contributed by atoms with Gasteiger partial charge in [0.25, 0.3) is 0 Å². The lowest BCUT2D eigenvalue weighted by atomic mass is 10.2. The van der Waals surface area contributed by atoms with Crippen LogP contribution in [0.3, 0.4) is 0 Å². The van der Waals surface area contributed by atoms with Crippen LogP contribution >= 0.6 is 11.3 Å². The fourth-order valence-electron chi connectivity index (χ4n) is 1.36. The summed E-state index contributed by atoms with van der Waals surface area (Å²) < 4.78 is 0. The number of thiophene rings is 1. The van der Waals surface area contributed by atoms with Crippen LogP contribution in [0.25, 0.3) is 0 Å². The molecule has 0 fully saturated rings. The summed E-state index contributed by atoms with van der Waals surface area (Å²) in [6.07, 6.45) is 0. The van der Waals surface area contributed by atoms with Crippen LogP contribution in [-0.4, -0.2) is 17.5 Å². The number of ketones is 1. The van der Waals surface area contributed by atoms with Crippen molar-refractivity contribution < 1.29 is 14.4 Å². The van der Waals surface area contributed by atoms with Gasteiger partial charge in [-0.2, -0.15) is 0 Å². The second kappa shape index (κ2) is 6.06. The highest BCUT2D eigenvalue weighted by Crippen LogP contribution is 2.10. The van der Waals surface area contributed by atoms with Crippen LogP contribution in [0.4, 0.5) is 0 Å². The van der Waals surface area contributed by atoms with E-state index in [9.17, 15) is 9.59 Å². The van der Waals surface area contributed by atoms with Gasteiger partial charge in [-0.25, -0.2) is 4.79 Å². The topological polar surface area (TPSA) is 55.7 Å². The molecule has 0 aliphatic carbocycles. The minimum atomic E-state index is -0.584. The number of benzene rings is 1. The third-order valence-electron chi connectivity index (χ3n) is 2.35. The lowest BCUT2D eigenvalue weighted by Gasteiger charge is -1.99. The predicted octanol–water partition coefficient (Wildman–Crippen LogP) is 3.16. The smallest absolute Gasteiger partial charge is 0.312 e. The number of Topliss-reactive ketones (excluding diaryl/α,β-unsaturated/α-hetero) is 1. The van der Waals surface area contributed by atoms with Gasteiger partial charge in [-0.1, -0.05) is 29.4 Å². The zero-order valence-electron chi connectivity index (χ0n) is 10.2. The van der Waals surface area contributed by atoms with Crippen LogP contribution in [-0.2, 0) is 4.84 Å². The Hall–Kier alpha value is -2.27. The van der Waals surface area contributed by atoms with Gasteiger partial charge in [-0.3, -0.25) is 4.79 Å². The lowest BCUT2D eigenvalue weighted by Crippen LogP contribution is -2.11. The molecule has 0 unspecified atom stereocenters. The van der Waals surface area contributed by atoms with Crippen molar-refractivity contribution in [1.29, 1.82) is 0 Å². The molecule has 0 amide bonds. The van der Waals surface area contributed by atoms with E-state index in [-0.39, 0.29) is 11.5 Å². The molecule has 0 atom stereocenters. The molecule has 19 heavy (non-hydrogen) atoms. The second-order valence-corrected chi connectivity index (χ2v) is 4.68. The first-order valence-electron chi connectivity index (χ1n) is 5.57. The molecule has 2 rings (SSSR count). The molecule has 1 aromatic heterocycles. The average molecular weight is 273 g/mol. The summed E-state index contributed by atoms with van der Waals surface area (Å²) >= 11 is 1.32. The third kappa shape index (κ3) is 3.35. The maximum atomic E-state index is 11.8. The van der Waals surface area contributed by atoms with Crippen molar-refractivity contribution >= 4 is 28.8 Å². The number of nitrogens with zero attached hydrogens (tertiary/aromatic N) is 1. The van der Waals surface area contributed by atoms with Gasteiger partial charge >= 0.3 is 5.97 Å². The molecule has 0 bridgehead atoms. The SMILES string of the molecule is C/C(=N\OC(=O)c1ccccc1)C(=O)c1cccs1. The second-order valence-electron chi connectivity index (χ2n) is 3.73. The highest BCUT2D eigenvalue weighted by molar-refractivity contribution is 7.13. The van der Waals surface area contributed by atoms with E-state index in [2.05, 4.69) is 5.16 Å². The summed E-state index contributed by atoms with van der Waals surface area (Å²) in [6.45, 7) is 1.51. The van der Waals surface area contributed by atoms with Crippen LogP contribution < -0.4 is 0 Å². The zero-order valence-corrected chi connectivity index (χ0v) is 11.0. The third-order valence-corrected chi connectivity index (χ3v) is 3.22. The monoisotopic (exact) mass is 273 g/mol. The molecule has 1 heterocycles. The standard InChI is InChI=1S/C14H11NO3S/c1-10(13(16)12-8-5-9-19-12)15-18-14(17)11-6-3-2-4-7-11/h2-9H,1H3/b15-10+. The molecule has 0 spiro atoms. The van der Waals surface area contributed by atoms with E-state index in [1.54, 1.807) is 47.8 Å². The van der Waals surface area contributed by atoms with Crippen molar-refractivity contribution in [2.24, 2.45) is 5.16 Å². The fraction of sp³-hybridized carbons (Fsp3) is 0.0714. The first kappa shape index (κ1) is 13.2. The Bertz CT molecular complexity index is 603. The predicted molar refractivity (Wildman–Crippen MR) is 73.6 cm³/mol. The first-order chi connectivity index (χ1) is 9.18. The molecule has 4 nitrogen and oxygen atoms in total. The van der Waals surface area contributed by atoms with Crippen LogP contribution in [0.5, 0.6) is 0 Å². The highest BCUT2D eigenvalue weighted by atomic mass is 32.1. The van der Waals surface area contributed by atoms with Crippen molar-refractivity contribution in [3.05, 3.63) is 58.3 Å². The van der Waals surface area contributed by atoms with Gasteiger partial charge in [0.15, 0.2) is 0 Å².